The summed E-state index contributed by atoms with van der Waals surface area (Å²) >= 11 is 0. The van der Waals surface area contributed by atoms with Gasteiger partial charge in [0.15, 0.2) is 11.6 Å². The molecule has 0 atom stereocenters. The summed E-state index contributed by atoms with van der Waals surface area (Å²) < 4.78 is 13.5. The second-order valence-electron chi connectivity index (χ2n) is 4.72. The van der Waals surface area contributed by atoms with E-state index >= 15 is 0 Å². The second-order valence-corrected chi connectivity index (χ2v) is 4.72. The van der Waals surface area contributed by atoms with Crippen molar-refractivity contribution in [1.29, 1.82) is 0 Å². The van der Waals surface area contributed by atoms with Gasteiger partial charge in [0.2, 0.25) is 5.95 Å². The van der Waals surface area contributed by atoms with Crippen LogP contribution in [-0.4, -0.2) is 15.0 Å². The Kier molecular flexibility index (Phi) is 3.31. The number of benzene rings is 2. The Morgan fingerprint density at radius 2 is 1.52 bits per heavy atom. The van der Waals surface area contributed by atoms with Crippen LogP contribution in [0.15, 0.2) is 48.5 Å². The third-order valence-electron chi connectivity index (χ3n) is 2.99. The minimum absolute atomic E-state index is 0.112. The average Bonchev–Trinajstić information content (AvgIpc) is 2.46. The van der Waals surface area contributed by atoms with E-state index in [2.05, 4.69) is 15.0 Å². The van der Waals surface area contributed by atoms with Gasteiger partial charge in [0.25, 0.3) is 0 Å². The van der Waals surface area contributed by atoms with Crippen LogP contribution in [0.3, 0.4) is 0 Å². The molecule has 3 aromatic rings. The molecule has 4 nitrogen and oxygen atoms in total. The molecule has 5 heteroatoms. The number of nitrogens with two attached hydrogens (primary N) is 1. The minimum atomic E-state index is -0.328. The predicted molar refractivity (Wildman–Crippen MR) is 79.8 cm³/mol. The number of hydrogen-bond donors (Lipinski definition) is 1. The van der Waals surface area contributed by atoms with Crippen LogP contribution in [0.2, 0.25) is 0 Å². The highest BCUT2D eigenvalue weighted by Gasteiger charge is 2.10. The van der Waals surface area contributed by atoms with E-state index in [-0.39, 0.29) is 11.8 Å². The number of rotatable bonds is 2. The largest absolute Gasteiger partial charge is 0.368 e. The summed E-state index contributed by atoms with van der Waals surface area (Å²) in [7, 11) is 0. The molecule has 0 fully saturated rings. The topological polar surface area (TPSA) is 64.7 Å². The third-order valence-corrected chi connectivity index (χ3v) is 2.99. The van der Waals surface area contributed by atoms with E-state index in [1.54, 1.807) is 0 Å². The zero-order valence-corrected chi connectivity index (χ0v) is 11.4. The molecular formula is C16H13FN4. The van der Waals surface area contributed by atoms with Crippen molar-refractivity contribution in [2.45, 2.75) is 6.92 Å². The molecule has 3 rings (SSSR count). The van der Waals surface area contributed by atoms with Crippen molar-refractivity contribution in [1.82, 2.24) is 15.0 Å². The standard InChI is InChI=1S/C16H13FN4/c1-10-7-12(9-13(17)8-10)15-19-14(20-16(18)21-15)11-5-3-2-4-6-11/h2-9H,1H3,(H2,18,19,20,21). The van der Waals surface area contributed by atoms with Gasteiger partial charge >= 0.3 is 0 Å². The first kappa shape index (κ1) is 13.2. The van der Waals surface area contributed by atoms with Crippen molar-refractivity contribution in [3.8, 4) is 22.8 Å². The second kappa shape index (κ2) is 5.28. The number of nitrogen functional groups attached to an aromatic ring is 1. The molecule has 1 aromatic heterocycles. The molecule has 2 aromatic carbocycles. The lowest BCUT2D eigenvalue weighted by atomic mass is 10.1. The quantitative estimate of drug-likeness (QED) is 0.782. The average molecular weight is 280 g/mol. The normalized spacial score (nSPS) is 10.6. The first-order chi connectivity index (χ1) is 10.1. The van der Waals surface area contributed by atoms with E-state index < -0.39 is 0 Å². The highest BCUT2D eigenvalue weighted by molar-refractivity contribution is 5.62. The van der Waals surface area contributed by atoms with Gasteiger partial charge in [-0.05, 0) is 30.7 Å². The molecule has 0 aliphatic carbocycles. The monoisotopic (exact) mass is 280 g/mol. The minimum Gasteiger partial charge on any atom is -0.368 e. The summed E-state index contributed by atoms with van der Waals surface area (Å²) in [5, 5.41) is 0. The van der Waals surface area contributed by atoms with Crippen LogP contribution >= 0.6 is 0 Å². The fraction of sp³-hybridized carbons (Fsp3) is 0.0625. The molecule has 21 heavy (non-hydrogen) atoms. The molecule has 0 aliphatic rings. The van der Waals surface area contributed by atoms with Crippen molar-refractivity contribution in [3.63, 3.8) is 0 Å². The van der Waals surface area contributed by atoms with Crippen molar-refractivity contribution in [3.05, 3.63) is 59.9 Å². The van der Waals surface area contributed by atoms with E-state index in [1.165, 1.54) is 12.1 Å². The van der Waals surface area contributed by atoms with Crippen LogP contribution in [0.25, 0.3) is 22.8 Å². The third kappa shape index (κ3) is 2.86. The molecule has 0 radical (unpaired) electrons. The Balaban J connectivity index is 2.14. The highest BCUT2D eigenvalue weighted by atomic mass is 19.1. The molecular weight excluding hydrogens is 267 g/mol. The van der Waals surface area contributed by atoms with Gasteiger partial charge in [-0.2, -0.15) is 9.97 Å². The predicted octanol–water partition coefficient (Wildman–Crippen LogP) is 3.24. The zero-order chi connectivity index (χ0) is 14.8. The van der Waals surface area contributed by atoms with Crippen LogP contribution in [0.4, 0.5) is 10.3 Å². The SMILES string of the molecule is Cc1cc(F)cc(-c2nc(N)nc(-c3ccccc3)n2)c1. The Bertz CT molecular complexity index is 767. The Morgan fingerprint density at radius 3 is 2.19 bits per heavy atom. The fourth-order valence-electron chi connectivity index (χ4n) is 2.10. The maximum Gasteiger partial charge on any atom is 0.224 e. The van der Waals surface area contributed by atoms with Crippen molar-refractivity contribution in [2.24, 2.45) is 0 Å². The van der Waals surface area contributed by atoms with E-state index in [9.17, 15) is 4.39 Å². The molecule has 0 saturated heterocycles. The summed E-state index contributed by atoms with van der Waals surface area (Å²) in [6.45, 7) is 1.81. The van der Waals surface area contributed by atoms with Crippen LogP contribution in [0.1, 0.15) is 5.56 Å². The molecule has 0 unspecified atom stereocenters. The number of nitrogens with zero attached hydrogens (tertiary/aromatic N) is 3. The summed E-state index contributed by atoms with van der Waals surface area (Å²) in [6.07, 6.45) is 0. The molecule has 1 heterocycles. The molecule has 0 spiro atoms. The van der Waals surface area contributed by atoms with Crippen LogP contribution in [0.5, 0.6) is 0 Å². The van der Waals surface area contributed by atoms with Crippen LogP contribution < -0.4 is 5.73 Å². The molecule has 0 amide bonds. The summed E-state index contributed by atoms with van der Waals surface area (Å²) in [4.78, 5) is 12.6. The van der Waals surface area contributed by atoms with Gasteiger partial charge in [-0.3, -0.25) is 0 Å². The first-order valence-corrected chi connectivity index (χ1v) is 6.46. The van der Waals surface area contributed by atoms with Gasteiger partial charge in [-0.15, -0.1) is 0 Å². The van der Waals surface area contributed by atoms with Gasteiger partial charge in [0.1, 0.15) is 5.82 Å². The van der Waals surface area contributed by atoms with Crippen LogP contribution in [-0.2, 0) is 0 Å². The highest BCUT2D eigenvalue weighted by Crippen LogP contribution is 2.22. The molecule has 104 valence electrons. The smallest absolute Gasteiger partial charge is 0.224 e. The molecule has 2 N–H and O–H groups in total. The van der Waals surface area contributed by atoms with E-state index in [1.807, 2.05) is 43.3 Å². The number of halogens is 1. The van der Waals surface area contributed by atoms with Crippen molar-refractivity contribution >= 4 is 5.95 Å². The Morgan fingerprint density at radius 1 is 0.857 bits per heavy atom. The fourth-order valence-corrected chi connectivity index (χ4v) is 2.10. The summed E-state index contributed by atoms with van der Waals surface area (Å²) in [5.41, 5.74) is 7.97. The van der Waals surface area contributed by atoms with Crippen molar-refractivity contribution < 1.29 is 4.39 Å². The van der Waals surface area contributed by atoms with Gasteiger partial charge in [0.05, 0.1) is 0 Å². The zero-order valence-electron chi connectivity index (χ0n) is 11.4. The van der Waals surface area contributed by atoms with E-state index in [4.69, 9.17) is 5.73 Å². The van der Waals surface area contributed by atoms with Gasteiger partial charge < -0.3 is 5.73 Å². The summed E-state index contributed by atoms with van der Waals surface area (Å²) in [6, 6.07) is 14.1. The lowest BCUT2D eigenvalue weighted by molar-refractivity contribution is 0.627. The van der Waals surface area contributed by atoms with Gasteiger partial charge in [-0.1, -0.05) is 30.3 Å². The lowest BCUT2D eigenvalue weighted by Gasteiger charge is -2.06. The van der Waals surface area contributed by atoms with Gasteiger partial charge in [0, 0.05) is 11.1 Å². The Labute approximate surface area is 121 Å². The maximum absolute atomic E-state index is 13.5. The number of hydrogen-bond acceptors (Lipinski definition) is 4. The molecule has 0 saturated carbocycles. The summed E-state index contributed by atoms with van der Waals surface area (Å²) in [5.74, 6) is 0.620. The number of anilines is 1. The van der Waals surface area contributed by atoms with Crippen LogP contribution in [0, 0.1) is 12.7 Å². The first-order valence-electron chi connectivity index (χ1n) is 6.46. The maximum atomic E-state index is 13.5. The van der Waals surface area contributed by atoms with E-state index in [0.29, 0.717) is 17.2 Å². The number of aromatic nitrogens is 3. The van der Waals surface area contributed by atoms with Crippen molar-refractivity contribution in [2.75, 3.05) is 5.73 Å². The lowest BCUT2D eigenvalue weighted by Crippen LogP contribution is -2.02. The van der Waals surface area contributed by atoms with E-state index in [0.717, 1.165) is 11.1 Å². The Hall–Kier alpha value is -2.82. The van der Waals surface area contributed by atoms with Gasteiger partial charge in [-0.25, -0.2) is 9.37 Å². The number of aryl methyl sites for hydroxylation is 1. The molecule has 0 aliphatic heterocycles. The molecule has 0 bridgehead atoms.